The Morgan fingerprint density at radius 2 is 1.61 bits per heavy atom. The first-order valence-corrected chi connectivity index (χ1v) is 10.3. The molecule has 0 spiro atoms. The number of anilines is 1. The normalized spacial score (nSPS) is 17.6. The van der Waals surface area contributed by atoms with Crippen molar-refractivity contribution in [3.8, 4) is 5.75 Å². The van der Waals surface area contributed by atoms with Crippen LogP contribution in [-0.4, -0.2) is 14.1 Å². The largest absolute Gasteiger partial charge is 0.485 e. The fourth-order valence-corrected chi connectivity index (χ4v) is 3.61. The van der Waals surface area contributed by atoms with E-state index in [2.05, 4.69) is 10.5 Å². The minimum atomic E-state index is -3.71. The van der Waals surface area contributed by atoms with Gasteiger partial charge in [0.2, 0.25) is 10.0 Å². The molecular formula is C21H19N3O3S. The first kappa shape index (κ1) is 18.2. The van der Waals surface area contributed by atoms with E-state index >= 15 is 0 Å². The molecule has 7 heteroatoms. The molecule has 0 saturated heterocycles. The fraction of sp³-hybridized carbons (Fsp3) is 0.0952. The van der Waals surface area contributed by atoms with Crippen LogP contribution in [0.15, 0.2) is 88.9 Å². The van der Waals surface area contributed by atoms with E-state index < -0.39 is 10.0 Å². The number of sulfonamides is 1. The van der Waals surface area contributed by atoms with Crippen LogP contribution in [0.2, 0.25) is 0 Å². The number of hydrogen-bond donors (Lipinski definition) is 2. The average molecular weight is 393 g/mol. The van der Waals surface area contributed by atoms with Crippen LogP contribution in [0.25, 0.3) is 0 Å². The van der Waals surface area contributed by atoms with Crippen LogP contribution in [0.1, 0.15) is 23.7 Å². The summed E-state index contributed by atoms with van der Waals surface area (Å²) in [5.41, 5.74) is 6.56. The Morgan fingerprint density at radius 3 is 2.32 bits per heavy atom. The van der Waals surface area contributed by atoms with Gasteiger partial charge in [0.25, 0.3) is 0 Å². The van der Waals surface area contributed by atoms with Crippen molar-refractivity contribution in [3.05, 3.63) is 90.0 Å². The highest BCUT2D eigenvalue weighted by molar-refractivity contribution is 7.89. The van der Waals surface area contributed by atoms with E-state index in [1.165, 1.54) is 12.1 Å². The molecular weight excluding hydrogens is 374 g/mol. The van der Waals surface area contributed by atoms with Crippen LogP contribution in [0, 0.1) is 0 Å². The van der Waals surface area contributed by atoms with E-state index in [4.69, 9.17) is 9.88 Å². The number of primary sulfonamides is 1. The number of para-hydroxylation sites is 1. The highest BCUT2D eigenvalue weighted by Crippen LogP contribution is 2.35. The second kappa shape index (κ2) is 7.46. The molecule has 0 radical (unpaired) electrons. The van der Waals surface area contributed by atoms with E-state index in [1.807, 2.05) is 54.6 Å². The molecule has 1 heterocycles. The van der Waals surface area contributed by atoms with Gasteiger partial charge in [0, 0.05) is 12.0 Å². The zero-order valence-corrected chi connectivity index (χ0v) is 15.8. The molecule has 142 valence electrons. The third-order valence-corrected chi connectivity index (χ3v) is 5.45. The average Bonchev–Trinajstić information content (AvgIpc) is 2.72. The van der Waals surface area contributed by atoms with Crippen molar-refractivity contribution < 1.29 is 13.2 Å². The van der Waals surface area contributed by atoms with E-state index in [0.29, 0.717) is 12.1 Å². The summed E-state index contributed by atoms with van der Waals surface area (Å²) in [6.07, 6.45) is 0.491. The summed E-state index contributed by atoms with van der Waals surface area (Å²) in [7, 11) is -3.71. The Hall–Kier alpha value is -3.16. The SMILES string of the molecule is NS(=O)(=O)c1ccc(NN=C2C[C@@H](c3ccccc3)Oc3ccccc32)cc1. The van der Waals surface area contributed by atoms with Gasteiger partial charge >= 0.3 is 0 Å². The molecule has 28 heavy (non-hydrogen) atoms. The number of nitrogens with one attached hydrogen (secondary N) is 1. The third-order valence-electron chi connectivity index (χ3n) is 4.52. The van der Waals surface area contributed by atoms with Crippen LogP contribution in [0.5, 0.6) is 5.75 Å². The number of nitrogens with two attached hydrogens (primary N) is 1. The van der Waals surface area contributed by atoms with E-state index in [-0.39, 0.29) is 11.0 Å². The fourth-order valence-electron chi connectivity index (χ4n) is 3.10. The molecule has 0 saturated carbocycles. The van der Waals surface area contributed by atoms with Crippen molar-refractivity contribution in [1.82, 2.24) is 0 Å². The first-order chi connectivity index (χ1) is 13.5. The van der Waals surface area contributed by atoms with Crippen molar-refractivity contribution >= 4 is 21.4 Å². The van der Waals surface area contributed by atoms with E-state index in [1.54, 1.807) is 12.1 Å². The van der Waals surface area contributed by atoms with E-state index in [0.717, 1.165) is 22.6 Å². The molecule has 0 aliphatic carbocycles. The van der Waals surface area contributed by atoms with Gasteiger partial charge in [0.1, 0.15) is 11.9 Å². The van der Waals surface area contributed by atoms with Crippen molar-refractivity contribution in [3.63, 3.8) is 0 Å². The molecule has 1 aliphatic rings. The van der Waals surface area contributed by atoms with Gasteiger partial charge in [-0.15, -0.1) is 0 Å². The molecule has 0 aromatic heterocycles. The summed E-state index contributed by atoms with van der Waals surface area (Å²) in [4.78, 5) is 0.0613. The van der Waals surface area contributed by atoms with Crippen molar-refractivity contribution in [1.29, 1.82) is 0 Å². The van der Waals surface area contributed by atoms with Crippen LogP contribution >= 0.6 is 0 Å². The predicted octanol–water partition coefficient (Wildman–Crippen LogP) is 3.67. The standard InChI is InChI=1S/C21H19N3O3S/c22-28(25,26)17-12-10-16(11-13-17)23-24-19-14-21(15-6-2-1-3-7-15)27-20-9-5-4-8-18(19)20/h1-13,21,23H,14H2,(H2,22,25,26)/t21-/m0/s1. The molecule has 3 N–H and O–H groups in total. The third kappa shape index (κ3) is 3.90. The van der Waals surface area contributed by atoms with Gasteiger partial charge in [0.05, 0.1) is 16.3 Å². The molecule has 0 bridgehead atoms. The Balaban J connectivity index is 1.62. The van der Waals surface area contributed by atoms with Gasteiger partial charge in [-0.05, 0) is 42.0 Å². The highest BCUT2D eigenvalue weighted by atomic mass is 32.2. The van der Waals surface area contributed by atoms with Gasteiger partial charge < -0.3 is 4.74 Å². The van der Waals surface area contributed by atoms with Crippen molar-refractivity contribution in [2.75, 3.05) is 5.43 Å². The summed E-state index contributed by atoms with van der Waals surface area (Å²) in [6, 6.07) is 24.0. The zero-order valence-electron chi connectivity index (χ0n) is 14.9. The Labute approximate surface area is 163 Å². The predicted molar refractivity (Wildman–Crippen MR) is 109 cm³/mol. The van der Waals surface area contributed by atoms with Gasteiger partial charge in [-0.2, -0.15) is 5.10 Å². The highest BCUT2D eigenvalue weighted by Gasteiger charge is 2.26. The summed E-state index contributed by atoms with van der Waals surface area (Å²) >= 11 is 0. The van der Waals surface area contributed by atoms with Gasteiger partial charge in [-0.3, -0.25) is 5.43 Å². The van der Waals surface area contributed by atoms with E-state index in [9.17, 15) is 8.42 Å². The smallest absolute Gasteiger partial charge is 0.238 e. The molecule has 0 unspecified atom stereocenters. The summed E-state index contributed by atoms with van der Waals surface area (Å²) in [6.45, 7) is 0. The Morgan fingerprint density at radius 1 is 0.929 bits per heavy atom. The van der Waals surface area contributed by atoms with Crippen LogP contribution in [0.3, 0.4) is 0 Å². The maximum Gasteiger partial charge on any atom is 0.238 e. The molecule has 3 aromatic carbocycles. The maximum atomic E-state index is 11.4. The lowest BCUT2D eigenvalue weighted by molar-refractivity contribution is 0.206. The van der Waals surface area contributed by atoms with Crippen LogP contribution in [-0.2, 0) is 10.0 Å². The molecule has 1 atom stereocenters. The second-order valence-corrected chi connectivity index (χ2v) is 8.02. The first-order valence-electron chi connectivity index (χ1n) is 8.77. The van der Waals surface area contributed by atoms with Crippen molar-refractivity contribution in [2.24, 2.45) is 10.2 Å². The minimum Gasteiger partial charge on any atom is -0.485 e. The van der Waals surface area contributed by atoms with Gasteiger partial charge in [-0.1, -0.05) is 42.5 Å². The number of hydrazone groups is 1. The lowest BCUT2D eigenvalue weighted by Crippen LogP contribution is -2.21. The van der Waals surface area contributed by atoms with Crippen molar-refractivity contribution in [2.45, 2.75) is 17.4 Å². The zero-order chi connectivity index (χ0) is 19.6. The Kier molecular flexibility index (Phi) is 4.85. The molecule has 0 amide bonds. The molecule has 6 nitrogen and oxygen atoms in total. The van der Waals surface area contributed by atoms with Gasteiger partial charge in [0.15, 0.2) is 0 Å². The summed E-state index contributed by atoms with van der Waals surface area (Å²) < 4.78 is 28.9. The molecule has 4 rings (SSSR count). The number of fused-ring (bicyclic) bond motifs is 1. The quantitative estimate of drug-likeness (QED) is 0.661. The maximum absolute atomic E-state index is 11.4. The number of nitrogens with zero attached hydrogens (tertiary/aromatic N) is 1. The number of ether oxygens (including phenoxy) is 1. The van der Waals surface area contributed by atoms with Gasteiger partial charge in [-0.25, -0.2) is 13.6 Å². The minimum absolute atomic E-state index is 0.0613. The number of rotatable bonds is 4. The van der Waals surface area contributed by atoms with Crippen LogP contribution < -0.4 is 15.3 Å². The summed E-state index contributed by atoms with van der Waals surface area (Å²) in [5.74, 6) is 0.785. The number of benzene rings is 3. The topological polar surface area (TPSA) is 93.8 Å². The summed E-state index contributed by atoms with van der Waals surface area (Å²) in [5, 5.41) is 9.70. The lowest BCUT2D eigenvalue weighted by atomic mass is 9.96. The number of hydrogen-bond acceptors (Lipinski definition) is 5. The monoisotopic (exact) mass is 393 g/mol. The Bertz CT molecular complexity index is 1110. The molecule has 1 aliphatic heterocycles. The molecule has 0 fully saturated rings. The second-order valence-electron chi connectivity index (χ2n) is 6.46. The lowest BCUT2D eigenvalue weighted by Gasteiger charge is -2.27. The molecule has 3 aromatic rings. The van der Waals surface area contributed by atoms with Crippen LogP contribution in [0.4, 0.5) is 5.69 Å².